The van der Waals surface area contributed by atoms with Gasteiger partial charge in [0.25, 0.3) is 0 Å². The van der Waals surface area contributed by atoms with Crippen LogP contribution in [0.1, 0.15) is 18.4 Å². The molecule has 1 nitrogen and oxygen atoms in total. The summed E-state index contributed by atoms with van der Waals surface area (Å²) in [6, 6.07) is 8.13. The summed E-state index contributed by atoms with van der Waals surface area (Å²) >= 11 is 8.28. The van der Waals surface area contributed by atoms with Crippen LogP contribution in [0.3, 0.4) is 0 Å². The van der Waals surface area contributed by atoms with Crippen LogP contribution in [-0.2, 0) is 5.41 Å². The smallest absolute Gasteiger partial charge is 0.0444 e. The minimum Gasteiger partial charge on any atom is -0.330 e. The molecule has 0 spiro atoms. The molecule has 1 heterocycles. The molecule has 1 aliphatic rings. The van der Waals surface area contributed by atoms with E-state index in [1.165, 1.54) is 17.1 Å². The molecule has 15 heavy (non-hydrogen) atoms. The Morgan fingerprint density at radius 3 is 2.53 bits per heavy atom. The van der Waals surface area contributed by atoms with Gasteiger partial charge in [-0.25, -0.2) is 0 Å². The molecule has 0 aromatic heterocycles. The van der Waals surface area contributed by atoms with Crippen molar-refractivity contribution >= 4 is 23.4 Å². The Labute approximate surface area is 100 Å². The van der Waals surface area contributed by atoms with Gasteiger partial charge in [0.05, 0.1) is 0 Å². The fraction of sp³-hybridized carbons (Fsp3) is 0.500. The van der Waals surface area contributed by atoms with Gasteiger partial charge in [-0.2, -0.15) is 11.8 Å². The minimum atomic E-state index is 0.129. The summed E-state index contributed by atoms with van der Waals surface area (Å²) in [5, 5.41) is 0.870. The summed E-state index contributed by atoms with van der Waals surface area (Å²) in [6.45, 7) is 0.706. The molecule has 1 aromatic carbocycles. The fourth-order valence-corrected chi connectivity index (χ4v) is 3.85. The van der Waals surface area contributed by atoms with Gasteiger partial charge in [0.1, 0.15) is 0 Å². The van der Waals surface area contributed by atoms with Gasteiger partial charge in [-0.3, -0.25) is 0 Å². The van der Waals surface area contributed by atoms with Gasteiger partial charge in [-0.05, 0) is 36.0 Å². The predicted octanol–water partition coefficient (Wildman–Crippen LogP) is 3.06. The monoisotopic (exact) mass is 241 g/mol. The van der Waals surface area contributed by atoms with E-state index < -0.39 is 0 Å². The predicted molar refractivity (Wildman–Crippen MR) is 68.7 cm³/mol. The van der Waals surface area contributed by atoms with Gasteiger partial charge in [-0.1, -0.05) is 29.8 Å². The van der Waals surface area contributed by atoms with Crippen LogP contribution in [0, 0.1) is 0 Å². The number of hydrogen-bond acceptors (Lipinski definition) is 2. The molecule has 1 aromatic rings. The number of hydrogen-bond donors (Lipinski definition) is 1. The Balaban J connectivity index is 2.36. The lowest BCUT2D eigenvalue weighted by atomic mass is 9.75. The zero-order chi connectivity index (χ0) is 10.7. The molecule has 0 aliphatic carbocycles. The highest BCUT2D eigenvalue weighted by molar-refractivity contribution is 7.99. The van der Waals surface area contributed by atoms with Crippen molar-refractivity contribution in [1.29, 1.82) is 0 Å². The highest BCUT2D eigenvalue weighted by atomic mass is 35.5. The van der Waals surface area contributed by atoms with Crippen LogP contribution in [0.5, 0.6) is 0 Å². The van der Waals surface area contributed by atoms with Crippen molar-refractivity contribution in [2.24, 2.45) is 5.73 Å². The van der Waals surface area contributed by atoms with E-state index in [9.17, 15) is 0 Å². The number of halogens is 1. The zero-order valence-electron chi connectivity index (χ0n) is 8.71. The highest BCUT2D eigenvalue weighted by Crippen LogP contribution is 2.40. The second kappa shape index (κ2) is 4.77. The van der Waals surface area contributed by atoms with Crippen molar-refractivity contribution in [1.82, 2.24) is 0 Å². The van der Waals surface area contributed by atoms with Crippen molar-refractivity contribution in [3.63, 3.8) is 0 Å². The van der Waals surface area contributed by atoms with E-state index in [-0.39, 0.29) is 5.41 Å². The summed E-state index contributed by atoms with van der Waals surface area (Å²) in [4.78, 5) is 0. The summed E-state index contributed by atoms with van der Waals surface area (Å²) in [7, 11) is 0. The van der Waals surface area contributed by atoms with Gasteiger partial charge < -0.3 is 5.73 Å². The molecule has 2 N–H and O–H groups in total. The maximum Gasteiger partial charge on any atom is 0.0444 e. The lowest BCUT2D eigenvalue weighted by Crippen LogP contribution is -2.38. The minimum absolute atomic E-state index is 0.129. The molecule has 0 bridgehead atoms. The lowest BCUT2D eigenvalue weighted by Gasteiger charge is -2.37. The van der Waals surface area contributed by atoms with Crippen molar-refractivity contribution < 1.29 is 0 Å². The van der Waals surface area contributed by atoms with Crippen LogP contribution in [-0.4, -0.2) is 18.1 Å². The Hall–Kier alpha value is -0.180. The zero-order valence-corrected chi connectivity index (χ0v) is 10.3. The molecule has 1 aliphatic heterocycles. The third-order valence-corrected chi connectivity index (χ3v) is 4.60. The van der Waals surface area contributed by atoms with Gasteiger partial charge in [0.15, 0.2) is 0 Å². The maximum absolute atomic E-state index is 6.26. The molecule has 3 heteroatoms. The van der Waals surface area contributed by atoms with Crippen LogP contribution in [0.4, 0.5) is 0 Å². The van der Waals surface area contributed by atoms with E-state index in [2.05, 4.69) is 12.1 Å². The van der Waals surface area contributed by atoms with Crippen LogP contribution in [0.2, 0.25) is 5.02 Å². The number of benzene rings is 1. The Kier molecular flexibility index (Phi) is 3.60. The van der Waals surface area contributed by atoms with Crippen LogP contribution >= 0.6 is 23.4 Å². The number of rotatable bonds is 2. The van der Waals surface area contributed by atoms with Gasteiger partial charge >= 0.3 is 0 Å². The molecular formula is C12H16ClNS. The first-order chi connectivity index (χ1) is 7.28. The lowest BCUT2D eigenvalue weighted by molar-refractivity contribution is 0.405. The number of thioether (sulfide) groups is 1. The SMILES string of the molecule is NCC1(c2ccccc2Cl)CCSCC1. The van der Waals surface area contributed by atoms with Crippen molar-refractivity contribution in [3.8, 4) is 0 Å². The fourth-order valence-electron chi connectivity index (χ4n) is 2.24. The summed E-state index contributed by atoms with van der Waals surface area (Å²) in [5.74, 6) is 2.39. The van der Waals surface area contributed by atoms with Gasteiger partial charge in [0.2, 0.25) is 0 Å². The largest absolute Gasteiger partial charge is 0.330 e. The third-order valence-electron chi connectivity index (χ3n) is 3.29. The van der Waals surface area contributed by atoms with E-state index in [1.54, 1.807) is 0 Å². The van der Waals surface area contributed by atoms with E-state index in [0.29, 0.717) is 6.54 Å². The van der Waals surface area contributed by atoms with Crippen LogP contribution in [0.15, 0.2) is 24.3 Å². The van der Waals surface area contributed by atoms with E-state index in [1.807, 2.05) is 23.9 Å². The molecule has 0 atom stereocenters. The molecule has 0 saturated carbocycles. The van der Waals surface area contributed by atoms with Crippen LogP contribution < -0.4 is 5.73 Å². The molecule has 1 saturated heterocycles. The Morgan fingerprint density at radius 1 is 1.27 bits per heavy atom. The molecule has 1 fully saturated rings. The molecule has 0 amide bonds. The van der Waals surface area contributed by atoms with E-state index >= 15 is 0 Å². The van der Waals surface area contributed by atoms with Crippen molar-refractivity contribution in [2.75, 3.05) is 18.1 Å². The van der Waals surface area contributed by atoms with Crippen LogP contribution in [0.25, 0.3) is 0 Å². The normalized spacial score (nSPS) is 20.1. The molecule has 0 radical (unpaired) electrons. The first-order valence-corrected chi connectivity index (χ1v) is 6.85. The average Bonchev–Trinajstić information content (AvgIpc) is 2.30. The first kappa shape index (κ1) is 11.3. The summed E-state index contributed by atoms with van der Waals surface area (Å²) in [5.41, 5.74) is 7.34. The highest BCUT2D eigenvalue weighted by Gasteiger charge is 2.34. The maximum atomic E-state index is 6.26. The second-order valence-corrected chi connectivity index (χ2v) is 5.71. The molecule has 0 unspecified atom stereocenters. The van der Waals surface area contributed by atoms with E-state index in [0.717, 1.165) is 17.9 Å². The molecule has 2 rings (SSSR count). The quantitative estimate of drug-likeness (QED) is 0.861. The number of nitrogens with two attached hydrogens (primary N) is 1. The van der Waals surface area contributed by atoms with E-state index in [4.69, 9.17) is 17.3 Å². The summed E-state index contributed by atoms with van der Waals surface area (Å²) in [6.07, 6.45) is 2.30. The molecule has 82 valence electrons. The van der Waals surface area contributed by atoms with Crippen molar-refractivity contribution in [3.05, 3.63) is 34.9 Å². The van der Waals surface area contributed by atoms with Crippen molar-refractivity contribution in [2.45, 2.75) is 18.3 Å². The third kappa shape index (κ3) is 2.17. The Bertz CT molecular complexity index is 334. The van der Waals surface area contributed by atoms with Gasteiger partial charge in [0, 0.05) is 17.0 Å². The topological polar surface area (TPSA) is 26.0 Å². The standard InChI is InChI=1S/C12H16ClNS/c13-11-4-2-1-3-10(11)12(9-14)5-7-15-8-6-12/h1-4H,5-9,14H2. The second-order valence-electron chi connectivity index (χ2n) is 4.08. The van der Waals surface area contributed by atoms with Gasteiger partial charge in [-0.15, -0.1) is 0 Å². The first-order valence-electron chi connectivity index (χ1n) is 5.31. The molecular weight excluding hydrogens is 226 g/mol. The Morgan fingerprint density at radius 2 is 1.93 bits per heavy atom. The average molecular weight is 242 g/mol. The summed E-state index contributed by atoms with van der Waals surface area (Å²) < 4.78 is 0.